The van der Waals surface area contributed by atoms with Gasteiger partial charge in [-0.3, -0.25) is 0 Å². The first-order valence-corrected chi connectivity index (χ1v) is 7.42. The molecule has 0 spiro atoms. The van der Waals surface area contributed by atoms with E-state index in [-0.39, 0.29) is 4.90 Å². The number of benzene rings is 1. The summed E-state index contributed by atoms with van der Waals surface area (Å²) in [4.78, 5) is -0.0677. The molecule has 2 aromatic rings. The van der Waals surface area contributed by atoms with E-state index in [0.29, 0.717) is 10.2 Å². The molecule has 6 heteroatoms. The Morgan fingerprint density at radius 2 is 1.89 bits per heavy atom. The van der Waals surface area contributed by atoms with Crippen LogP contribution in [-0.2, 0) is 10.0 Å². The highest BCUT2D eigenvalue weighted by atomic mass is 79.9. The van der Waals surface area contributed by atoms with Gasteiger partial charge in [-0.2, -0.15) is 0 Å². The van der Waals surface area contributed by atoms with Crippen molar-refractivity contribution in [3.63, 3.8) is 0 Å². The highest BCUT2D eigenvalue weighted by Crippen LogP contribution is 2.23. The van der Waals surface area contributed by atoms with Crippen LogP contribution in [0, 0.1) is 19.7 Å². The third-order valence-corrected chi connectivity index (χ3v) is 5.09. The van der Waals surface area contributed by atoms with Gasteiger partial charge in [0.2, 0.25) is 0 Å². The van der Waals surface area contributed by atoms with Crippen molar-refractivity contribution in [3.05, 3.63) is 52.0 Å². The van der Waals surface area contributed by atoms with E-state index in [9.17, 15) is 12.8 Å². The average Bonchev–Trinajstić information content (AvgIpc) is 2.62. The van der Waals surface area contributed by atoms with Crippen molar-refractivity contribution in [3.8, 4) is 0 Å². The monoisotopic (exact) mass is 331 g/mol. The van der Waals surface area contributed by atoms with E-state index < -0.39 is 15.8 Å². The van der Waals surface area contributed by atoms with Crippen molar-refractivity contribution in [2.45, 2.75) is 18.7 Å². The third-order valence-electron chi connectivity index (χ3n) is 2.58. The third kappa shape index (κ3) is 2.22. The quantitative estimate of drug-likeness (QED) is 0.847. The molecule has 0 fully saturated rings. The molecule has 0 unspecified atom stereocenters. The summed E-state index contributed by atoms with van der Waals surface area (Å²) >= 11 is 3.17. The molecular formula is C12H11BrFNO2S. The van der Waals surface area contributed by atoms with E-state index in [4.69, 9.17) is 0 Å². The van der Waals surface area contributed by atoms with Gasteiger partial charge in [0.05, 0.1) is 9.50 Å². The lowest BCUT2D eigenvalue weighted by atomic mass is 10.2. The molecule has 96 valence electrons. The van der Waals surface area contributed by atoms with E-state index in [2.05, 4.69) is 15.9 Å². The summed E-state index contributed by atoms with van der Waals surface area (Å²) in [5.74, 6) is -0.531. The number of hydrogen-bond donors (Lipinski definition) is 0. The van der Waals surface area contributed by atoms with Crippen molar-refractivity contribution in [1.29, 1.82) is 0 Å². The molecule has 0 amide bonds. The fourth-order valence-corrected chi connectivity index (χ4v) is 3.91. The van der Waals surface area contributed by atoms with Crippen LogP contribution in [-0.4, -0.2) is 12.4 Å². The Hall–Kier alpha value is -1.14. The van der Waals surface area contributed by atoms with Crippen LogP contribution in [0.25, 0.3) is 0 Å². The zero-order valence-electron chi connectivity index (χ0n) is 9.81. The number of nitrogens with zero attached hydrogens (tertiary/aromatic N) is 1. The Bertz CT molecular complexity index is 707. The van der Waals surface area contributed by atoms with Crippen LogP contribution in [0.5, 0.6) is 0 Å². The molecule has 0 atom stereocenters. The molecule has 0 aliphatic heterocycles. The largest absolute Gasteiger partial charge is 0.268 e. The molecule has 1 heterocycles. The average molecular weight is 332 g/mol. The minimum absolute atomic E-state index is 0.0677. The van der Waals surface area contributed by atoms with E-state index >= 15 is 0 Å². The Balaban J connectivity index is 2.61. The lowest BCUT2D eigenvalue weighted by Gasteiger charge is -2.08. The van der Waals surface area contributed by atoms with Crippen LogP contribution < -0.4 is 0 Å². The van der Waals surface area contributed by atoms with Crippen LogP contribution in [0.1, 0.15) is 11.1 Å². The molecule has 1 aromatic carbocycles. The van der Waals surface area contributed by atoms with Crippen LogP contribution in [0.2, 0.25) is 0 Å². The molecular weight excluding hydrogens is 321 g/mol. The number of hydrogen-bond acceptors (Lipinski definition) is 2. The van der Waals surface area contributed by atoms with Gasteiger partial charge >= 0.3 is 0 Å². The Labute approximate surface area is 113 Å². The number of halogens is 2. The lowest BCUT2D eigenvalue weighted by Crippen LogP contribution is -2.12. The summed E-state index contributed by atoms with van der Waals surface area (Å²) in [6, 6.07) is 5.57. The second-order valence-electron chi connectivity index (χ2n) is 4.05. The molecule has 2 rings (SSSR count). The molecule has 0 aliphatic carbocycles. The fourth-order valence-electron chi connectivity index (χ4n) is 1.57. The first-order chi connectivity index (χ1) is 8.32. The van der Waals surface area contributed by atoms with Crippen molar-refractivity contribution in [1.82, 2.24) is 3.97 Å². The lowest BCUT2D eigenvalue weighted by molar-refractivity contribution is 0.581. The van der Waals surface area contributed by atoms with Crippen LogP contribution in [0.4, 0.5) is 4.39 Å². The van der Waals surface area contributed by atoms with Gasteiger partial charge in [-0.25, -0.2) is 16.8 Å². The molecule has 18 heavy (non-hydrogen) atoms. The molecule has 0 N–H and O–H groups in total. The topological polar surface area (TPSA) is 39.1 Å². The van der Waals surface area contributed by atoms with E-state index in [1.165, 1.54) is 18.3 Å². The molecule has 0 aliphatic rings. The fraction of sp³-hybridized carbons (Fsp3) is 0.167. The summed E-state index contributed by atoms with van der Waals surface area (Å²) in [6.45, 7) is 3.37. The molecule has 0 radical (unpaired) electrons. The maximum Gasteiger partial charge on any atom is 0.268 e. The second-order valence-corrected chi connectivity index (χ2v) is 6.68. The van der Waals surface area contributed by atoms with Gasteiger partial charge in [-0.05, 0) is 59.1 Å². The normalized spacial score (nSPS) is 11.8. The van der Waals surface area contributed by atoms with Gasteiger partial charge < -0.3 is 0 Å². The SMILES string of the molecule is Cc1cc(Br)n(S(=O)(=O)c2ccc(C)c(F)c2)c1. The van der Waals surface area contributed by atoms with Gasteiger partial charge in [-0.15, -0.1) is 0 Å². The van der Waals surface area contributed by atoms with Gasteiger partial charge in [0.1, 0.15) is 5.82 Å². The molecule has 1 aromatic heterocycles. The summed E-state index contributed by atoms with van der Waals surface area (Å²) in [6.07, 6.45) is 1.48. The molecule has 0 bridgehead atoms. The highest BCUT2D eigenvalue weighted by Gasteiger charge is 2.20. The number of rotatable bonds is 2. The van der Waals surface area contributed by atoms with Crippen molar-refractivity contribution in [2.75, 3.05) is 0 Å². The summed E-state index contributed by atoms with van der Waals surface area (Å²) in [5, 5.41) is 0. The smallest absolute Gasteiger partial charge is 0.235 e. The Morgan fingerprint density at radius 3 is 2.39 bits per heavy atom. The first-order valence-electron chi connectivity index (χ1n) is 5.18. The van der Waals surface area contributed by atoms with E-state index in [1.54, 1.807) is 19.9 Å². The first kappa shape index (κ1) is 13.3. The predicted molar refractivity (Wildman–Crippen MR) is 70.6 cm³/mol. The Morgan fingerprint density at radius 1 is 1.22 bits per heavy atom. The summed E-state index contributed by atoms with van der Waals surface area (Å²) in [7, 11) is -3.76. The number of aryl methyl sites for hydroxylation is 2. The molecule has 0 saturated heterocycles. The van der Waals surface area contributed by atoms with Crippen molar-refractivity contribution < 1.29 is 12.8 Å². The minimum Gasteiger partial charge on any atom is -0.235 e. The minimum atomic E-state index is -3.76. The van der Waals surface area contributed by atoms with Gasteiger partial charge in [-0.1, -0.05) is 6.07 Å². The zero-order chi connectivity index (χ0) is 13.5. The van der Waals surface area contributed by atoms with Crippen molar-refractivity contribution >= 4 is 26.0 Å². The Kier molecular flexibility index (Phi) is 3.33. The van der Waals surface area contributed by atoms with E-state index in [0.717, 1.165) is 15.6 Å². The van der Waals surface area contributed by atoms with Gasteiger partial charge in [0.15, 0.2) is 0 Å². The van der Waals surface area contributed by atoms with Gasteiger partial charge in [0, 0.05) is 6.20 Å². The van der Waals surface area contributed by atoms with Crippen LogP contribution >= 0.6 is 15.9 Å². The van der Waals surface area contributed by atoms with Crippen molar-refractivity contribution in [2.24, 2.45) is 0 Å². The summed E-state index contributed by atoms with van der Waals surface area (Å²) in [5.41, 5.74) is 1.22. The standard InChI is InChI=1S/C12H11BrFNO2S/c1-8-5-12(13)15(7-8)18(16,17)10-4-3-9(2)11(14)6-10/h3-7H,1-2H3. The molecule has 0 saturated carbocycles. The number of aromatic nitrogens is 1. The second kappa shape index (κ2) is 4.51. The zero-order valence-corrected chi connectivity index (χ0v) is 12.2. The maximum absolute atomic E-state index is 13.4. The predicted octanol–water partition coefficient (Wildman–Crippen LogP) is 3.24. The summed E-state index contributed by atoms with van der Waals surface area (Å²) < 4.78 is 39.5. The maximum atomic E-state index is 13.4. The van der Waals surface area contributed by atoms with E-state index in [1.807, 2.05) is 0 Å². The van der Waals surface area contributed by atoms with Crippen LogP contribution in [0.3, 0.4) is 0 Å². The van der Waals surface area contributed by atoms with Crippen LogP contribution in [0.15, 0.2) is 40.0 Å². The highest BCUT2D eigenvalue weighted by molar-refractivity contribution is 9.10. The molecule has 3 nitrogen and oxygen atoms in total. The van der Waals surface area contributed by atoms with Gasteiger partial charge in [0.25, 0.3) is 10.0 Å².